The van der Waals surface area contributed by atoms with Crippen molar-refractivity contribution in [3.05, 3.63) is 59.1 Å². The standard InChI is InChI=1S/C17H14ClNO3S/c18-12-5-3-4-11(8-12)10-22-16(20)9-15-17(21)19-13-6-1-2-7-14(13)23-15/h1-8,15H,9-10H2,(H,19,21)/t15-/m0/s1. The van der Waals surface area contributed by atoms with Crippen LogP contribution in [0, 0.1) is 0 Å². The number of thioether (sulfide) groups is 1. The van der Waals surface area contributed by atoms with Crippen LogP contribution in [0.15, 0.2) is 53.4 Å². The molecule has 1 amide bonds. The number of hydrogen-bond acceptors (Lipinski definition) is 4. The van der Waals surface area contributed by atoms with Crippen LogP contribution in [0.5, 0.6) is 0 Å². The molecule has 1 atom stereocenters. The largest absolute Gasteiger partial charge is 0.461 e. The van der Waals surface area contributed by atoms with Crippen LogP contribution in [-0.2, 0) is 20.9 Å². The number of halogens is 1. The smallest absolute Gasteiger partial charge is 0.307 e. The molecule has 2 aromatic carbocycles. The predicted molar refractivity (Wildman–Crippen MR) is 90.6 cm³/mol. The van der Waals surface area contributed by atoms with E-state index in [9.17, 15) is 9.59 Å². The van der Waals surface area contributed by atoms with Crippen LogP contribution < -0.4 is 5.32 Å². The van der Waals surface area contributed by atoms with Crippen molar-refractivity contribution >= 4 is 40.9 Å². The lowest BCUT2D eigenvalue weighted by molar-refractivity contribution is -0.145. The average Bonchev–Trinajstić information content (AvgIpc) is 2.54. The molecule has 0 radical (unpaired) electrons. The number of anilines is 1. The van der Waals surface area contributed by atoms with Crippen molar-refractivity contribution < 1.29 is 14.3 Å². The van der Waals surface area contributed by atoms with E-state index in [4.69, 9.17) is 16.3 Å². The van der Waals surface area contributed by atoms with Gasteiger partial charge in [0, 0.05) is 9.92 Å². The van der Waals surface area contributed by atoms with Crippen molar-refractivity contribution in [3.63, 3.8) is 0 Å². The van der Waals surface area contributed by atoms with Crippen molar-refractivity contribution in [1.82, 2.24) is 0 Å². The van der Waals surface area contributed by atoms with Gasteiger partial charge in [-0.15, -0.1) is 11.8 Å². The lowest BCUT2D eigenvalue weighted by Gasteiger charge is -2.23. The molecule has 0 spiro atoms. The van der Waals surface area contributed by atoms with Gasteiger partial charge in [0.15, 0.2) is 0 Å². The van der Waals surface area contributed by atoms with Crippen molar-refractivity contribution in [2.24, 2.45) is 0 Å². The molecular weight excluding hydrogens is 334 g/mol. The Bertz CT molecular complexity index is 750. The Hall–Kier alpha value is -1.98. The summed E-state index contributed by atoms with van der Waals surface area (Å²) in [4.78, 5) is 25.0. The molecular formula is C17H14ClNO3S. The van der Waals surface area contributed by atoms with E-state index in [0.717, 1.165) is 16.1 Å². The third-order valence-electron chi connectivity index (χ3n) is 3.35. The monoisotopic (exact) mass is 347 g/mol. The molecule has 0 aromatic heterocycles. The summed E-state index contributed by atoms with van der Waals surface area (Å²) in [5, 5.41) is 2.93. The molecule has 6 heteroatoms. The second-order valence-electron chi connectivity index (χ2n) is 5.09. The number of para-hydroxylation sites is 1. The Kier molecular flexibility index (Phi) is 4.88. The maximum Gasteiger partial charge on any atom is 0.307 e. The summed E-state index contributed by atoms with van der Waals surface area (Å²) >= 11 is 7.27. The van der Waals surface area contributed by atoms with Crippen LogP contribution in [0.25, 0.3) is 0 Å². The second-order valence-corrected chi connectivity index (χ2v) is 6.77. The highest BCUT2D eigenvalue weighted by Gasteiger charge is 2.29. The van der Waals surface area contributed by atoms with Crippen molar-refractivity contribution in [1.29, 1.82) is 0 Å². The van der Waals surface area contributed by atoms with Crippen molar-refractivity contribution in [2.75, 3.05) is 5.32 Å². The first-order valence-electron chi connectivity index (χ1n) is 7.08. The number of fused-ring (bicyclic) bond motifs is 1. The molecule has 0 unspecified atom stereocenters. The van der Waals surface area contributed by atoms with Gasteiger partial charge in [0.2, 0.25) is 5.91 Å². The first kappa shape index (κ1) is 15.9. The maximum atomic E-state index is 12.1. The van der Waals surface area contributed by atoms with Gasteiger partial charge < -0.3 is 10.1 Å². The zero-order chi connectivity index (χ0) is 16.2. The Morgan fingerprint density at radius 3 is 2.87 bits per heavy atom. The number of carbonyl (C=O) groups is 2. The first-order valence-corrected chi connectivity index (χ1v) is 8.34. The van der Waals surface area contributed by atoms with Crippen molar-refractivity contribution in [3.8, 4) is 0 Å². The molecule has 2 aromatic rings. The van der Waals surface area contributed by atoms with E-state index in [1.54, 1.807) is 18.2 Å². The van der Waals surface area contributed by atoms with Gasteiger partial charge in [0.25, 0.3) is 0 Å². The fourth-order valence-corrected chi connectivity index (χ4v) is 3.54. The minimum atomic E-state index is -0.475. The SMILES string of the molecule is O=C(C[C@@H]1Sc2ccccc2NC1=O)OCc1cccc(Cl)c1. The highest BCUT2D eigenvalue weighted by atomic mass is 35.5. The Morgan fingerprint density at radius 1 is 1.22 bits per heavy atom. The highest BCUT2D eigenvalue weighted by Crippen LogP contribution is 2.36. The first-order chi connectivity index (χ1) is 11.1. The Labute approximate surface area is 143 Å². The van der Waals surface area contributed by atoms with Crippen LogP contribution in [0.1, 0.15) is 12.0 Å². The molecule has 1 heterocycles. The number of benzene rings is 2. The number of esters is 1. The molecule has 0 bridgehead atoms. The number of ether oxygens (including phenoxy) is 1. The lowest BCUT2D eigenvalue weighted by Crippen LogP contribution is -2.31. The molecule has 3 rings (SSSR count). The molecule has 0 aliphatic carbocycles. The molecule has 1 aliphatic heterocycles. The minimum Gasteiger partial charge on any atom is -0.461 e. The number of nitrogens with one attached hydrogen (secondary N) is 1. The number of carbonyl (C=O) groups excluding carboxylic acids is 2. The van der Waals surface area contributed by atoms with E-state index in [0.29, 0.717) is 5.02 Å². The van der Waals surface area contributed by atoms with Gasteiger partial charge in [-0.2, -0.15) is 0 Å². The fraction of sp³-hybridized carbons (Fsp3) is 0.176. The summed E-state index contributed by atoms with van der Waals surface area (Å²) in [6.45, 7) is 0.148. The van der Waals surface area contributed by atoms with Gasteiger partial charge in [-0.3, -0.25) is 9.59 Å². The van der Waals surface area contributed by atoms with Crippen LogP contribution >= 0.6 is 23.4 Å². The summed E-state index contributed by atoms with van der Waals surface area (Å²) in [7, 11) is 0. The van der Waals surface area contributed by atoms with Crippen LogP contribution in [0.2, 0.25) is 5.02 Å². The molecule has 1 N–H and O–H groups in total. The molecule has 0 fully saturated rings. The number of hydrogen-bond donors (Lipinski definition) is 1. The molecule has 118 valence electrons. The summed E-state index contributed by atoms with van der Waals surface area (Å²) in [5.74, 6) is -0.578. The topological polar surface area (TPSA) is 55.4 Å². The van der Waals surface area contributed by atoms with E-state index in [-0.39, 0.29) is 18.9 Å². The van der Waals surface area contributed by atoms with Crippen molar-refractivity contribution in [2.45, 2.75) is 23.2 Å². The quantitative estimate of drug-likeness (QED) is 0.852. The third kappa shape index (κ3) is 4.06. The normalized spacial score (nSPS) is 16.4. The second kappa shape index (κ2) is 7.06. The van der Waals surface area contributed by atoms with Gasteiger partial charge in [0.05, 0.1) is 17.4 Å². The molecule has 1 aliphatic rings. The fourth-order valence-electron chi connectivity index (χ4n) is 2.23. The van der Waals surface area contributed by atoms with Gasteiger partial charge in [-0.05, 0) is 29.8 Å². The highest BCUT2D eigenvalue weighted by molar-refractivity contribution is 8.01. The van der Waals surface area contributed by atoms with Gasteiger partial charge in [0.1, 0.15) is 6.61 Å². The van der Waals surface area contributed by atoms with E-state index in [2.05, 4.69) is 5.32 Å². The molecule has 0 saturated heterocycles. The van der Waals surface area contributed by atoms with Crippen LogP contribution in [0.4, 0.5) is 5.69 Å². The van der Waals surface area contributed by atoms with E-state index in [1.165, 1.54) is 11.8 Å². The van der Waals surface area contributed by atoms with Gasteiger partial charge in [-0.25, -0.2) is 0 Å². The average molecular weight is 348 g/mol. The zero-order valence-electron chi connectivity index (χ0n) is 12.1. The maximum absolute atomic E-state index is 12.1. The van der Waals surface area contributed by atoms with Crippen LogP contribution in [-0.4, -0.2) is 17.1 Å². The number of amides is 1. The van der Waals surface area contributed by atoms with E-state index < -0.39 is 11.2 Å². The van der Waals surface area contributed by atoms with Gasteiger partial charge >= 0.3 is 5.97 Å². The summed E-state index contributed by atoms with van der Waals surface area (Å²) in [6.07, 6.45) is 0.0331. The van der Waals surface area contributed by atoms with E-state index >= 15 is 0 Å². The molecule has 23 heavy (non-hydrogen) atoms. The molecule has 4 nitrogen and oxygen atoms in total. The summed E-state index contributed by atoms with van der Waals surface area (Å²) in [5.41, 5.74) is 1.60. The Balaban J connectivity index is 1.57. The molecule has 0 saturated carbocycles. The summed E-state index contributed by atoms with van der Waals surface area (Å²) < 4.78 is 5.23. The van der Waals surface area contributed by atoms with Gasteiger partial charge in [-0.1, -0.05) is 35.9 Å². The predicted octanol–water partition coefficient (Wildman–Crippen LogP) is 3.89. The minimum absolute atomic E-state index is 0.0331. The zero-order valence-corrected chi connectivity index (χ0v) is 13.7. The summed E-state index contributed by atoms with van der Waals surface area (Å²) in [6, 6.07) is 14.7. The Morgan fingerprint density at radius 2 is 2.04 bits per heavy atom. The third-order valence-corrected chi connectivity index (χ3v) is 4.86. The van der Waals surface area contributed by atoms with E-state index in [1.807, 2.05) is 30.3 Å². The lowest BCUT2D eigenvalue weighted by atomic mass is 10.2. The van der Waals surface area contributed by atoms with Crippen LogP contribution in [0.3, 0.4) is 0 Å². The number of rotatable bonds is 4.